The summed E-state index contributed by atoms with van der Waals surface area (Å²) in [6.07, 6.45) is 58.0. The van der Waals surface area contributed by atoms with E-state index in [0.717, 1.165) is 57.8 Å². The van der Waals surface area contributed by atoms with Crippen LogP contribution in [0.2, 0.25) is 0 Å². The van der Waals surface area contributed by atoms with Gasteiger partial charge in [0.25, 0.3) is 7.82 Å². The standard InChI is InChI=1S/C54H96NO8P/c1-6-8-10-12-14-16-18-20-22-24-26-27-29-30-32-34-36-38-40-42-44-46-53(56)60-50-52(51-62-64(58,59)61-49-48-55(3,4)5)63-54(57)47-45-43-41-39-37-35-33-31-28-25-23-21-19-17-15-13-11-9-7-2/h15,17,21-24,27,29,32,34,38,40,52H,6-14,16,18-20,25-26,28,30-31,33,35-37,39,41-51H2,1-5H3/b17-15+,23-21+,24-22+,29-27+,34-32+,40-38+/t52-/m1/s1. The Morgan fingerprint density at radius 2 is 0.859 bits per heavy atom. The number of hydrogen-bond acceptors (Lipinski definition) is 8. The van der Waals surface area contributed by atoms with Crippen molar-refractivity contribution in [1.82, 2.24) is 0 Å². The highest BCUT2D eigenvalue weighted by atomic mass is 31.2. The SMILES string of the molecule is CCCCC/C=C/C/C=C/CCCCCCCCCCCC(=O)O[C@H](COC(=O)CCC/C=C/C/C=C/C/C=C/C/C=C/CCCCCCCCC)COP(=O)([O-])OCC[N+](C)(C)C. The Labute approximate surface area is 393 Å². The molecule has 0 bridgehead atoms. The highest BCUT2D eigenvalue weighted by molar-refractivity contribution is 7.45. The van der Waals surface area contributed by atoms with Gasteiger partial charge in [-0.1, -0.05) is 183 Å². The topological polar surface area (TPSA) is 111 Å². The van der Waals surface area contributed by atoms with Crippen molar-refractivity contribution in [1.29, 1.82) is 0 Å². The number of hydrogen-bond donors (Lipinski definition) is 0. The van der Waals surface area contributed by atoms with Crippen LogP contribution in [0.25, 0.3) is 0 Å². The number of phosphoric acid groups is 1. The molecule has 0 aromatic carbocycles. The lowest BCUT2D eigenvalue weighted by atomic mass is 10.1. The first kappa shape index (κ1) is 61.5. The third-order valence-corrected chi connectivity index (χ3v) is 11.7. The second kappa shape index (κ2) is 45.6. The second-order valence-corrected chi connectivity index (χ2v) is 19.6. The van der Waals surface area contributed by atoms with Crippen molar-refractivity contribution in [2.24, 2.45) is 0 Å². The smallest absolute Gasteiger partial charge is 0.306 e. The summed E-state index contributed by atoms with van der Waals surface area (Å²) in [5.41, 5.74) is 0. The van der Waals surface area contributed by atoms with Gasteiger partial charge in [-0.15, -0.1) is 0 Å². The number of carbonyl (C=O) groups excluding carboxylic acids is 2. The average Bonchev–Trinajstić information content (AvgIpc) is 3.25. The van der Waals surface area contributed by atoms with Gasteiger partial charge in [0.2, 0.25) is 0 Å². The third-order valence-electron chi connectivity index (χ3n) is 10.7. The Morgan fingerprint density at radius 1 is 0.484 bits per heavy atom. The lowest BCUT2D eigenvalue weighted by Gasteiger charge is -2.28. The molecule has 0 radical (unpaired) electrons. The largest absolute Gasteiger partial charge is 0.756 e. The predicted molar refractivity (Wildman–Crippen MR) is 268 cm³/mol. The van der Waals surface area contributed by atoms with E-state index in [1.165, 1.54) is 109 Å². The van der Waals surface area contributed by atoms with Crippen LogP contribution in [0.15, 0.2) is 72.9 Å². The van der Waals surface area contributed by atoms with E-state index >= 15 is 0 Å². The number of phosphoric ester groups is 1. The summed E-state index contributed by atoms with van der Waals surface area (Å²) >= 11 is 0. The summed E-state index contributed by atoms with van der Waals surface area (Å²) in [7, 11) is 1.13. The van der Waals surface area contributed by atoms with Crippen LogP contribution in [0.1, 0.15) is 206 Å². The molecule has 0 fully saturated rings. The molecule has 0 amide bonds. The van der Waals surface area contributed by atoms with E-state index in [0.29, 0.717) is 23.9 Å². The number of quaternary nitrogens is 1. The number of ether oxygens (including phenoxy) is 2. The van der Waals surface area contributed by atoms with Crippen LogP contribution in [0.5, 0.6) is 0 Å². The molecule has 0 spiro atoms. The Balaban J connectivity index is 4.37. The van der Waals surface area contributed by atoms with Crippen molar-refractivity contribution >= 4 is 19.8 Å². The minimum atomic E-state index is -4.65. The molecule has 0 aliphatic carbocycles. The molecule has 0 saturated heterocycles. The third kappa shape index (κ3) is 48.9. The number of nitrogens with zero attached hydrogens (tertiary/aromatic N) is 1. The van der Waals surface area contributed by atoms with E-state index in [2.05, 4.69) is 86.8 Å². The number of likely N-dealkylation sites (N-methyl/N-ethyl adjacent to an activating group) is 1. The van der Waals surface area contributed by atoms with Gasteiger partial charge in [-0.05, 0) is 83.5 Å². The highest BCUT2D eigenvalue weighted by Gasteiger charge is 2.21. The van der Waals surface area contributed by atoms with Gasteiger partial charge in [0.15, 0.2) is 6.10 Å². The van der Waals surface area contributed by atoms with Gasteiger partial charge in [0.1, 0.15) is 19.8 Å². The maximum Gasteiger partial charge on any atom is 0.306 e. The second-order valence-electron chi connectivity index (χ2n) is 18.2. The lowest BCUT2D eigenvalue weighted by molar-refractivity contribution is -0.870. The number of esters is 2. The van der Waals surface area contributed by atoms with E-state index in [1.807, 2.05) is 21.1 Å². The molecular formula is C54H96NO8P. The molecule has 10 heteroatoms. The monoisotopic (exact) mass is 918 g/mol. The molecule has 0 heterocycles. The average molecular weight is 918 g/mol. The number of carbonyl (C=O) groups is 2. The molecule has 0 aromatic heterocycles. The van der Waals surface area contributed by atoms with E-state index in [1.54, 1.807) is 0 Å². The van der Waals surface area contributed by atoms with Crippen molar-refractivity contribution < 1.29 is 42.1 Å². The van der Waals surface area contributed by atoms with Crippen LogP contribution in [-0.4, -0.2) is 70.0 Å². The van der Waals surface area contributed by atoms with E-state index in [-0.39, 0.29) is 26.1 Å². The van der Waals surface area contributed by atoms with Crippen LogP contribution >= 0.6 is 7.82 Å². The first-order valence-corrected chi connectivity index (χ1v) is 27.1. The van der Waals surface area contributed by atoms with E-state index < -0.39 is 32.5 Å². The molecule has 0 aliphatic rings. The van der Waals surface area contributed by atoms with Gasteiger partial charge in [-0.25, -0.2) is 0 Å². The maximum atomic E-state index is 12.7. The van der Waals surface area contributed by atoms with Gasteiger partial charge in [-0.2, -0.15) is 0 Å². The minimum Gasteiger partial charge on any atom is -0.756 e. The zero-order valence-electron chi connectivity index (χ0n) is 41.7. The summed E-state index contributed by atoms with van der Waals surface area (Å²) in [5, 5.41) is 0. The molecule has 0 aliphatic heterocycles. The highest BCUT2D eigenvalue weighted by Crippen LogP contribution is 2.38. The fourth-order valence-corrected chi connectivity index (χ4v) is 7.41. The van der Waals surface area contributed by atoms with E-state index in [9.17, 15) is 19.0 Å². The summed E-state index contributed by atoms with van der Waals surface area (Å²) in [6, 6.07) is 0. The maximum absolute atomic E-state index is 12.7. The zero-order valence-corrected chi connectivity index (χ0v) is 42.6. The normalized spacial score (nSPS) is 14.0. The Kier molecular flexibility index (Phi) is 43.8. The number of unbranched alkanes of at least 4 members (excludes halogenated alkanes) is 20. The lowest BCUT2D eigenvalue weighted by Crippen LogP contribution is -2.37. The van der Waals surface area contributed by atoms with Crippen LogP contribution < -0.4 is 4.89 Å². The molecule has 1 unspecified atom stereocenters. The molecule has 0 N–H and O–H groups in total. The fraction of sp³-hybridized carbons (Fsp3) is 0.741. The quantitative estimate of drug-likeness (QED) is 0.0195. The number of allylic oxidation sites excluding steroid dienone is 12. The number of rotatable bonds is 46. The van der Waals surface area contributed by atoms with Crippen molar-refractivity contribution in [3.8, 4) is 0 Å². The first-order chi connectivity index (χ1) is 31.0. The van der Waals surface area contributed by atoms with Crippen molar-refractivity contribution in [3.05, 3.63) is 72.9 Å². The molecule has 2 atom stereocenters. The molecule has 64 heavy (non-hydrogen) atoms. The Morgan fingerprint density at radius 3 is 1.33 bits per heavy atom. The van der Waals surface area contributed by atoms with Gasteiger partial charge in [0.05, 0.1) is 27.7 Å². The van der Waals surface area contributed by atoms with Gasteiger partial charge in [0, 0.05) is 12.8 Å². The van der Waals surface area contributed by atoms with Crippen LogP contribution in [0.3, 0.4) is 0 Å². The van der Waals surface area contributed by atoms with Crippen LogP contribution in [0.4, 0.5) is 0 Å². The van der Waals surface area contributed by atoms with Crippen molar-refractivity contribution in [2.75, 3.05) is 47.5 Å². The molecule has 0 saturated carbocycles. The van der Waals surface area contributed by atoms with Crippen molar-refractivity contribution in [3.63, 3.8) is 0 Å². The molecule has 0 rings (SSSR count). The predicted octanol–water partition coefficient (Wildman–Crippen LogP) is 14.7. The fourth-order valence-electron chi connectivity index (χ4n) is 6.68. The first-order valence-electron chi connectivity index (χ1n) is 25.6. The summed E-state index contributed by atoms with van der Waals surface area (Å²) in [6.45, 7) is 4.14. The molecule has 370 valence electrons. The summed E-state index contributed by atoms with van der Waals surface area (Å²) < 4.78 is 34.0. The zero-order chi connectivity index (χ0) is 47.1. The van der Waals surface area contributed by atoms with Crippen LogP contribution in [-0.2, 0) is 32.7 Å². The van der Waals surface area contributed by atoms with Crippen molar-refractivity contribution in [2.45, 2.75) is 213 Å². The van der Waals surface area contributed by atoms with Gasteiger partial charge >= 0.3 is 11.9 Å². The Bertz CT molecular complexity index is 1310. The van der Waals surface area contributed by atoms with Gasteiger partial charge < -0.3 is 27.9 Å². The van der Waals surface area contributed by atoms with Gasteiger partial charge in [-0.3, -0.25) is 14.2 Å². The summed E-state index contributed by atoms with van der Waals surface area (Å²) in [5.74, 6) is -0.906. The molecular weight excluding hydrogens is 822 g/mol. The van der Waals surface area contributed by atoms with Crippen LogP contribution in [0, 0.1) is 0 Å². The van der Waals surface area contributed by atoms with E-state index in [4.69, 9.17) is 18.5 Å². The molecule has 0 aromatic rings. The summed E-state index contributed by atoms with van der Waals surface area (Å²) in [4.78, 5) is 37.7. The molecule has 9 nitrogen and oxygen atoms in total. The Hall–Kier alpha value is -2.55. The minimum absolute atomic E-state index is 0.0432.